The molecule has 1 aromatic carbocycles. The highest BCUT2D eigenvalue weighted by atomic mass is 16.4. The van der Waals surface area contributed by atoms with Gasteiger partial charge in [0.25, 0.3) is 0 Å². The third kappa shape index (κ3) is 2.72. The molecule has 1 amide bonds. The first-order valence-corrected chi connectivity index (χ1v) is 7.49. The van der Waals surface area contributed by atoms with E-state index < -0.39 is 23.2 Å². The molecule has 0 spiro atoms. The summed E-state index contributed by atoms with van der Waals surface area (Å²) in [6.45, 7) is 3.98. The van der Waals surface area contributed by atoms with Crippen LogP contribution in [0.1, 0.15) is 19.4 Å². The number of aliphatic carboxylic acids is 1. The Labute approximate surface area is 134 Å². The largest absolute Gasteiger partial charge is 0.481 e. The first kappa shape index (κ1) is 15.3. The Morgan fingerprint density at radius 3 is 2.65 bits per heavy atom. The van der Waals surface area contributed by atoms with Crippen molar-refractivity contribution in [2.45, 2.75) is 20.4 Å². The molecule has 1 fully saturated rings. The lowest BCUT2D eigenvalue weighted by Crippen LogP contribution is -2.27. The number of aromatic nitrogens is 2. The number of benzene rings is 1. The number of nitrogens with one attached hydrogen (secondary N) is 1. The summed E-state index contributed by atoms with van der Waals surface area (Å²) in [5.74, 6) is -2.19. The highest BCUT2D eigenvalue weighted by molar-refractivity contribution is 5.91. The molecule has 0 aliphatic heterocycles. The minimum Gasteiger partial charge on any atom is -0.481 e. The van der Waals surface area contributed by atoms with Crippen LogP contribution in [-0.4, -0.2) is 26.5 Å². The monoisotopic (exact) mass is 313 g/mol. The van der Waals surface area contributed by atoms with Crippen LogP contribution in [0.4, 0.5) is 0 Å². The lowest BCUT2D eigenvalue weighted by Gasteiger charge is -2.11. The third-order valence-electron chi connectivity index (χ3n) is 4.60. The van der Waals surface area contributed by atoms with Crippen LogP contribution in [0.15, 0.2) is 43.0 Å². The average molecular weight is 313 g/mol. The molecular weight excluding hydrogens is 294 g/mol. The molecular formula is C17H19N3O3. The summed E-state index contributed by atoms with van der Waals surface area (Å²) in [4.78, 5) is 27.5. The normalized spacial score (nSPS) is 21.7. The number of nitrogens with zero attached hydrogens (tertiary/aromatic N) is 2. The molecule has 1 aliphatic rings. The fourth-order valence-electron chi connectivity index (χ4n) is 3.19. The van der Waals surface area contributed by atoms with Crippen molar-refractivity contribution in [3.63, 3.8) is 0 Å². The van der Waals surface area contributed by atoms with Crippen LogP contribution >= 0.6 is 0 Å². The van der Waals surface area contributed by atoms with Crippen LogP contribution in [0.25, 0.3) is 5.69 Å². The summed E-state index contributed by atoms with van der Waals surface area (Å²) in [5.41, 5.74) is 1.40. The number of para-hydroxylation sites is 1. The van der Waals surface area contributed by atoms with Gasteiger partial charge in [-0.05, 0) is 17.0 Å². The molecule has 1 saturated carbocycles. The minimum absolute atomic E-state index is 0.206. The quantitative estimate of drug-likeness (QED) is 0.882. The molecule has 120 valence electrons. The third-order valence-corrected chi connectivity index (χ3v) is 4.60. The van der Waals surface area contributed by atoms with E-state index in [1.807, 2.05) is 48.9 Å². The van der Waals surface area contributed by atoms with E-state index in [1.165, 1.54) is 0 Å². The Bertz CT molecular complexity index is 737. The van der Waals surface area contributed by atoms with Gasteiger partial charge in [-0.2, -0.15) is 0 Å². The zero-order valence-electron chi connectivity index (χ0n) is 13.1. The highest BCUT2D eigenvalue weighted by Crippen LogP contribution is 2.58. The lowest BCUT2D eigenvalue weighted by atomic mass is 10.1. The van der Waals surface area contributed by atoms with Gasteiger partial charge < -0.3 is 15.0 Å². The SMILES string of the molecule is CC1(C)[C@H](C(=O)O)[C@@H]1C(=O)NCc1ccccc1-n1ccnc1. The van der Waals surface area contributed by atoms with Gasteiger partial charge in [0.05, 0.1) is 23.9 Å². The van der Waals surface area contributed by atoms with Crippen LogP contribution in [0.5, 0.6) is 0 Å². The molecule has 1 aliphatic carbocycles. The van der Waals surface area contributed by atoms with Gasteiger partial charge in [0.15, 0.2) is 0 Å². The van der Waals surface area contributed by atoms with E-state index in [2.05, 4.69) is 10.3 Å². The maximum atomic E-state index is 12.3. The molecule has 0 saturated heterocycles. The van der Waals surface area contributed by atoms with Crippen molar-refractivity contribution in [3.05, 3.63) is 48.5 Å². The van der Waals surface area contributed by atoms with E-state index in [4.69, 9.17) is 0 Å². The van der Waals surface area contributed by atoms with Crippen molar-refractivity contribution >= 4 is 11.9 Å². The molecule has 1 aromatic heterocycles. The summed E-state index contributed by atoms with van der Waals surface area (Å²) in [5, 5.41) is 12.0. The van der Waals surface area contributed by atoms with Gasteiger partial charge in [0, 0.05) is 18.9 Å². The van der Waals surface area contributed by atoms with Crippen molar-refractivity contribution < 1.29 is 14.7 Å². The standard InChI is InChI=1S/C17H19N3O3/c1-17(2)13(14(17)16(22)23)15(21)19-9-11-5-3-4-6-12(11)20-8-7-18-10-20/h3-8,10,13-14H,9H2,1-2H3,(H,19,21)(H,22,23)/t13-,14+/m1/s1. The smallest absolute Gasteiger partial charge is 0.307 e. The summed E-state index contributed by atoms with van der Waals surface area (Å²) < 4.78 is 1.88. The molecule has 0 bridgehead atoms. The second-order valence-corrected chi connectivity index (χ2v) is 6.43. The molecule has 3 rings (SSSR count). The number of carboxylic acid groups (broad SMARTS) is 1. The van der Waals surface area contributed by atoms with Crippen LogP contribution in [0, 0.1) is 17.3 Å². The van der Waals surface area contributed by atoms with Gasteiger partial charge in [0.2, 0.25) is 5.91 Å². The summed E-state index contributed by atoms with van der Waals surface area (Å²) >= 11 is 0. The van der Waals surface area contributed by atoms with E-state index in [0.717, 1.165) is 11.3 Å². The summed E-state index contributed by atoms with van der Waals surface area (Å²) in [6.07, 6.45) is 5.23. The second kappa shape index (κ2) is 5.53. The Kier molecular flexibility index (Phi) is 3.67. The number of amides is 1. The Hall–Kier alpha value is -2.63. The first-order chi connectivity index (χ1) is 10.9. The van der Waals surface area contributed by atoms with Crippen LogP contribution in [0.2, 0.25) is 0 Å². The molecule has 0 radical (unpaired) electrons. The van der Waals surface area contributed by atoms with E-state index in [0.29, 0.717) is 6.54 Å². The summed E-state index contributed by atoms with van der Waals surface area (Å²) in [6, 6.07) is 7.71. The molecule has 0 unspecified atom stereocenters. The minimum atomic E-state index is -0.908. The topological polar surface area (TPSA) is 84.2 Å². The zero-order valence-corrected chi connectivity index (χ0v) is 13.1. The Morgan fingerprint density at radius 2 is 2.04 bits per heavy atom. The van der Waals surface area contributed by atoms with Crippen LogP contribution in [-0.2, 0) is 16.1 Å². The molecule has 6 heteroatoms. The van der Waals surface area contributed by atoms with Crippen molar-refractivity contribution in [2.75, 3.05) is 0 Å². The van der Waals surface area contributed by atoms with E-state index in [9.17, 15) is 14.7 Å². The molecule has 6 nitrogen and oxygen atoms in total. The van der Waals surface area contributed by atoms with Gasteiger partial charge in [0.1, 0.15) is 0 Å². The first-order valence-electron chi connectivity index (χ1n) is 7.49. The highest BCUT2D eigenvalue weighted by Gasteiger charge is 2.65. The van der Waals surface area contributed by atoms with Gasteiger partial charge >= 0.3 is 5.97 Å². The maximum Gasteiger partial charge on any atom is 0.307 e. The number of carboxylic acids is 1. The number of hydrogen-bond donors (Lipinski definition) is 2. The predicted octanol–water partition coefficient (Wildman–Crippen LogP) is 1.85. The van der Waals surface area contributed by atoms with Gasteiger partial charge in [-0.3, -0.25) is 9.59 Å². The van der Waals surface area contributed by atoms with Crippen molar-refractivity contribution in [2.24, 2.45) is 17.3 Å². The van der Waals surface area contributed by atoms with E-state index in [1.54, 1.807) is 12.5 Å². The molecule has 2 N–H and O–H groups in total. The predicted molar refractivity (Wildman–Crippen MR) is 83.8 cm³/mol. The summed E-state index contributed by atoms with van der Waals surface area (Å²) in [7, 11) is 0. The lowest BCUT2D eigenvalue weighted by molar-refractivity contribution is -0.140. The van der Waals surface area contributed by atoms with E-state index >= 15 is 0 Å². The fourth-order valence-corrected chi connectivity index (χ4v) is 3.19. The average Bonchev–Trinajstić information content (AvgIpc) is 2.89. The van der Waals surface area contributed by atoms with Gasteiger partial charge in [-0.15, -0.1) is 0 Å². The molecule has 2 atom stereocenters. The van der Waals surface area contributed by atoms with Gasteiger partial charge in [-0.1, -0.05) is 32.0 Å². The van der Waals surface area contributed by atoms with E-state index in [-0.39, 0.29) is 5.91 Å². The zero-order chi connectivity index (χ0) is 16.6. The maximum absolute atomic E-state index is 12.3. The number of imidazole rings is 1. The Morgan fingerprint density at radius 1 is 1.30 bits per heavy atom. The van der Waals surface area contributed by atoms with Crippen LogP contribution < -0.4 is 5.32 Å². The number of rotatable bonds is 5. The van der Waals surface area contributed by atoms with Crippen molar-refractivity contribution in [1.82, 2.24) is 14.9 Å². The molecule has 23 heavy (non-hydrogen) atoms. The number of carbonyl (C=O) groups is 2. The second-order valence-electron chi connectivity index (χ2n) is 6.43. The fraction of sp³-hybridized carbons (Fsp3) is 0.353. The number of carbonyl (C=O) groups excluding carboxylic acids is 1. The molecule has 1 heterocycles. The van der Waals surface area contributed by atoms with Crippen molar-refractivity contribution in [1.29, 1.82) is 0 Å². The Balaban J connectivity index is 1.71. The van der Waals surface area contributed by atoms with Crippen molar-refractivity contribution in [3.8, 4) is 5.69 Å². The van der Waals surface area contributed by atoms with Gasteiger partial charge in [-0.25, -0.2) is 4.98 Å². The number of hydrogen-bond acceptors (Lipinski definition) is 3. The molecule has 2 aromatic rings. The van der Waals surface area contributed by atoms with Crippen LogP contribution in [0.3, 0.4) is 0 Å².